The molecule has 0 unspecified atom stereocenters. The summed E-state index contributed by atoms with van der Waals surface area (Å²) in [5.41, 5.74) is 1.56. The first-order valence-corrected chi connectivity index (χ1v) is 11.2. The van der Waals surface area contributed by atoms with Gasteiger partial charge in [-0.15, -0.1) is 0 Å². The van der Waals surface area contributed by atoms with Gasteiger partial charge in [-0.25, -0.2) is 4.79 Å². The largest absolute Gasteiger partial charge is 0.507 e. The number of carbonyl (C=O) groups is 1. The second-order valence-electron chi connectivity index (χ2n) is 7.87. The summed E-state index contributed by atoms with van der Waals surface area (Å²) in [4.78, 5) is 29.4. The van der Waals surface area contributed by atoms with Gasteiger partial charge in [-0.2, -0.15) is 0 Å². The molecule has 9 nitrogen and oxygen atoms in total. The minimum absolute atomic E-state index is 0.0465. The molecular weight excluding hydrogens is 426 g/mol. The summed E-state index contributed by atoms with van der Waals surface area (Å²) in [6.07, 6.45) is -0.341. The molecule has 1 aliphatic heterocycles. The van der Waals surface area contributed by atoms with Gasteiger partial charge in [0.15, 0.2) is 11.5 Å². The predicted molar refractivity (Wildman–Crippen MR) is 124 cm³/mol. The Morgan fingerprint density at radius 3 is 2.30 bits per heavy atom. The fourth-order valence-corrected chi connectivity index (χ4v) is 4.38. The molecule has 180 valence electrons. The van der Waals surface area contributed by atoms with Crippen molar-refractivity contribution in [2.45, 2.75) is 33.4 Å². The van der Waals surface area contributed by atoms with Crippen LogP contribution in [0.4, 0.5) is 4.79 Å². The van der Waals surface area contributed by atoms with Gasteiger partial charge in [0.25, 0.3) is 5.56 Å². The first kappa shape index (κ1) is 24.4. The van der Waals surface area contributed by atoms with Gasteiger partial charge in [0, 0.05) is 38.4 Å². The number of aromatic hydroxyl groups is 1. The first-order chi connectivity index (χ1) is 15.9. The number of nitrogens with zero attached hydrogens (tertiary/aromatic N) is 3. The van der Waals surface area contributed by atoms with Crippen LogP contribution in [0.1, 0.15) is 36.7 Å². The molecule has 0 saturated carbocycles. The maximum atomic E-state index is 13.5. The van der Waals surface area contributed by atoms with E-state index in [1.54, 1.807) is 49.7 Å². The molecule has 1 N–H and O–H groups in total. The van der Waals surface area contributed by atoms with Crippen molar-refractivity contribution in [1.82, 2.24) is 14.4 Å². The Hall–Kier alpha value is -3.20. The standard InChI is InChI=1S/C24H33N3O6/c1-6-27-16(3)14-18(28)21(23(27)29)22(17-8-9-19(31-4)20(15-17)32-5)25-10-12-26(13-11-25)24(30)33-7-2/h8-9,14-15,22,28H,6-7,10-13H2,1-5H3/t22-/m0/s1. The summed E-state index contributed by atoms with van der Waals surface area (Å²) < 4.78 is 17.6. The number of rotatable bonds is 7. The van der Waals surface area contributed by atoms with Crippen molar-refractivity contribution in [2.75, 3.05) is 47.0 Å². The molecule has 1 fully saturated rings. The number of benzene rings is 1. The summed E-state index contributed by atoms with van der Waals surface area (Å²) >= 11 is 0. The Bertz CT molecular complexity index is 1040. The molecule has 9 heteroatoms. The number of aromatic nitrogens is 1. The monoisotopic (exact) mass is 459 g/mol. The zero-order chi connectivity index (χ0) is 24.1. The molecular formula is C24H33N3O6. The summed E-state index contributed by atoms with van der Waals surface area (Å²) in [6.45, 7) is 8.23. The van der Waals surface area contributed by atoms with E-state index in [-0.39, 0.29) is 17.4 Å². The predicted octanol–water partition coefficient (Wildman–Crippen LogP) is 2.76. The van der Waals surface area contributed by atoms with Crippen LogP contribution in [0.15, 0.2) is 29.1 Å². The van der Waals surface area contributed by atoms with Gasteiger partial charge in [-0.1, -0.05) is 6.07 Å². The molecule has 1 saturated heterocycles. The summed E-state index contributed by atoms with van der Waals surface area (Å²) in [5.74, 6) is 1.06. The molecule has 33 heavy (non-hydrogen) atoms. The highest BCUT2D eigenvalue weighted by Gasteiger charge is 2.33. The van der Waals surface area contributed by atoms with E-state index in [1.165, 1.54) is 0 Å². The molecule has 0 bridgehead atoms. The number of methoxy groups -OCH3 is 2. The number of pyridine rings is 1. The average Bonchev–Trinajstić information content (AvgIpc) is 2.81. The van der Waals surface area contributed by atoms with Crippen molar-refractivity contribution < 1.29 is 24.1 Å². The average molecular weight is 460 g/mol. The number of piperazine rings is 1. The fourth-order valence-electron chi connectivity index (χ4n) is 4.38. The lowest BCUT2D eigenvalue weighted by Crippen LogP contribution is -2.50. The first-order valence-electron chi connectivity index (χ1n) is 11.2. The number of aryl methyl sites for hydroxylation is 1. The molecule has 1 amide bonds. The van der Waals surface area contributed by atoms with Crippen LogP contribution in [0.25, 0.3) is 0 Å². The van der Waals surface area contributed by atoms with Crippen LogP contribution in [0.3, 0.4) is 0 Å². The Morgan fingerprint density at radius 2 is 1.73 bits per heavy atom. The van der Waals surface area contributed by atoms with Crippen molar-refractivity contribution in [1.29, 1.82) is 0 Å². The zero-order valence-electron chi connectivity index (χ0n) is 20.0. The van der Waals surface area contributed by atoms with Crippen LogP contribution in [0.2, 0.25) is 0 Å². The van der Waals surface area contributed by atoms with Crippen molar-refractivity contribution >= 4 is 6.09 Å². The molecule has 0 spiro atoms. The quantitative estimate of drug-likeness (QED) is 0.680. The fraction of sp³-hybridized carbons (Fsp3) is 0.500. The van der Waals surface area contributed by atoms with Crippen LogP contribution in [-0.4, -0.2) is 72.6 Å². The number of carbonyl (C=O) groups excluding carboxylic acids is 1. The Kier molecular flexibility index (Phi) is 7.86. The van der Waals surface area contributed by atoms with Gasteiger partial charge < -0.3 is 28.8 Å². The molecule has 1 aromatic heterocycles. The van der Waals surface area contributed by atoms with Crippen LogP contribution in [0, 0.1) is 6.92 Å². The van der Waals surface area contributed by atoms with Gasteiger partial charge in [-0.05, 0) is 44.5 Å². The van der Waals surface area contributed by atoms with E-state index >= 15 is 0 Å². The Balaban J connectivity index is 2.08. The van der Waals surface area contributed by atoms with Crippen LogP contribution in [0.5, 0.6) is 17.2 Å². The minimum atomic E-state index is -0.528. The number of hydrogen-bond acceptors (Lipinski definition) is 7. The second kappa shape index (κ2) is 10.6. The summed E-state index contributed by atoms with van der Waals surface area (Å²) in [6, 6.07) is 6.59. The van der Waals surface area contributed by atoms with Gasteiger partial charge in [0.2, 0.25) is 0 Å². The topological polar surface area (TPSA) is 93.5 Å². The number of ether oxygens (including phenoxy) is 3. The molecule has 3 rings (SSSR count). The SMILES string of the molecule is CCOC(=O)N1CCN([C@@H](c2ccc(OC)c(OC)c2)c2c(O)cc(C)n(CC)c2=O)CC1. The number of amides is 1. The van der Waals surface area contributed by atoms with Crippen molar-refractivity contribution in [2.24, 2.45) is 0 Å². The molecule has 1 aliphatic rings. The van der Waals surface area contributed by atoms with E-state index in [1.807, 2.05) is 19.1 Å². The second-order valence-corrected chi connectivity index (χ2v) is 7.87. The van der Waals surface area contributed by atoms with Crippen LogP contribution >= 0.6 is 0 Å². The third-order valence-electron chi connectivity index (χ3n) is 6.04. The summed E-state index contributed by atoms with van der Waals surface area (Å²) in [5, 5.41) is 10.9. The molecule has 2 aromatic rings. The highest BCUT2D eigenvalue weighted by Crippen LogP contribution is 2.37. The van der Waals surface area contributed by atoms with Gasteiger partial charge in [0.1, 0.15) is 5.75 Å². The molecule has 1 aromatic carbocycles. The maximum absolute atomic E-state index is 13.5. The van der Waals surface area contributed by atoms with E-state index in [9.17, 15) is 14.7 Å². The molecule has 2 heterocycles. The van der Waals surface area contributed by atoms with E-state index in [0.717, 1.165) is 5.56 Å². The lowest BCUT2D eigenvalue weighted by atomic mass is 9.95. The normalized spacial score (nSPS) is 15.2. The zero-order valence-corrected chi connectivity index (χ0v) is 20.0. The van der Waals surface area contributed by atoms with Gasteiger partial charge >= 0.3 is 6.09 Å². The van der Waals surface area contributed by atoms with E-state index in [4.69, 9.17) is 14.2 Å². The smallest absolute Gasteiger partial charge is 0.409 e. The lowest BCUT2D eigenvalue weighted by Gasteiger charge is -2.39. The minimum Gasteiger partial charge on any atom is -0.507 e. The van der Waals surface area contributed by atoms with Crippen LogP contribution in [-0.2, 0) is 11.3 Å². The van der Waals surface area contributed by atoms with Crippen molar-refractivity contribution in [3.63, 3.8) is 0 Å². The van der Waals surface area contributed by atoms with E-state index in [2.05, 4.69) is 4.90 Å². The Labute approximate surface area is 194 Å². The van der Waals surface area contributed by atoms with E-state index < -0.39 is 6.04 Å². The van der Waals surface area contributed by atoms with Crippen molar-refractivity contribution in [3.8, 4) is 17.2 Å². The van der Waals surface area contributed by atoms with Crippen molar-refractivity contribution in [3.05, 3.63) is 51.4 Å². The Morgan fingerprint density at radius 1 is 1.06 bits per heavy atom. The molecule has 0 radical (unpaired) electrons. The van der Waals surface area contributed by atoms with Gasteiger partial charge in [-0.3, -0.25) is 9.69 Å². The van der Waals surface area contributed by atoms with Gasteiger partial charge in [0.05, 0.1) is 32.4 Å². The maximum Gasteiger partial charge on any atom is 0.409 e. The highest BCUT2D eigenvalue weighted by atomic mass is 16.6. The lowest BCUT2D eigenvalue weighted by molar-refractivity contribution is 0.0709. The summed E-state index contributed by atoms with van der Waals surface area (Å²) in [7, 11) is 3.12. The van der Waals surface area contributed by atoms with Crippen LogP contribution < -0.4 is 15.0 Å². The third-order valence-corrected chi connectivity index (χ3v) is 6.04. The molecule has 1 atom stereocenters. The molecule has 0 aliphatic carbocycles. The number of hydrogen-bond donors (Lipinski definition) is 1. The third kappa shape index (κ3) is 4.93. The highest BCUT2D eigenvalue weighted by molar-refractivity contribution is 5.67. The van der Waals surface area contributed by atoms with E-state index in [0.29, 0.717) is 62.1 Å².